The van der Waals surface area contributed by atoms with Gasteiger partial charge in [0.1, 0.15) is 0 Å². The molecule has 0 spiro atoms. The summed E-state index contributed by atoms with van der Waals surface area (Å²) in [5.41, 5.74) is 6.71. The van der Waals surface area contributed by atoms with E-state index in [1.165, 1.54) is 0 Å². The maximum absolute atomic E-state index is 11.9. The number of rotatable bonds is 2. The van der Waals surface area contributed by atoms with Crippen molar-refractivity contribution in [2.75, 3.05) is 12.3 Å². The Labute approximate surface area is 120 Å². The summed E-state index contributed by atoms with van der Waals surface area (Å²) in [6.45, 7) is 4.28. The number of hydrogen-bond donors (Lipinski definition) is 2. The molecule has 1 aliphatic rings. The van der Waals surface area contributed by atoms with E-state index in [1.807, 2.05) is 17.0 Å². The Morgan fingerprint density at radius 3 is 2.79 bits per heavy atom. The van der Waals surface area contributed by atoms with Crippen molar-refractivity contribution >= 4 is 33.4 Å². The topological polar surface area (TPSA) is 75.4 Å². The zero-order valence-electron chi connectivity index (χ0n) is 10.9. The highest BCUT2D eigenvalue weighted by molar-refractivity contribution is 9.10. The van der Waals surface area contributed by atoms with Gasteiger partial charge in [-0.05, 0) is 41.4 Å². The molecule has 0 aromatic heterocycles. The molecule has 1 heterocycles. The SMILES string of the molecule is CC1(C)C(=O)NC(=O)CN1Cc1cccc(N)c1Br. The van der Waals surface area contributed by atoms with Gasteiger partial charge in [-0.2, -0.15) is 0 Å². The summed E-state index contributed by atoms with van der Waals surface area (Å²) in [6, 6.07) is 5.58. The van der Waals surface area contributed by atoms with E-state index < -0.39 is 5.54 Å². The maximum atomic E-state index is 11.9. The number of carbonyl (C=O) groups excluding carboxylic acids is 2. The van der Waals surface area contributed by atoms with E-state index in [0.717, 1.165) is 10.0 Å². The second-order valence-electron chi connectivity index (χ2n) is 5.11. The van der Waals surface area contributed by atoms with Crippen molar-refractivity contribution in [3.05, 3.63) is 28.2 Å². The van der Waals surface area contributed by atoms with Gasteiger partial charge in [0.25, 0.3) is 0 Å². The molecule has 0 bridgehead atoms. The Balaban J connectivity index is 2.28. The van der Waals surface area contributed by atoms with Crippen molar-refractivity contribution in [2.45, 2.75) is 25.9 Å². The first kappa shape index (κ1) is 14.0. The van der Waals surface area contributed by atoms with Crippen molar-refractivity contribution < 1.29 is 9.59 Å². The Bertz CT molecular complexity index is 543. The van der Waals surface area contributed by atoms with Gasteiger partial charge < -0.3 is 5.73 Å². The Morgan fingerprint density at radius 2 is 2.11 bits per heavy atom. The molecule has 0 radical (unpaired) electrons. The largest absolute Gasteiger partial charge is 0.398 e. The van der Waals surface area contributed by atoms with Crippen LogP contribution in [0.15, 0.2) is 22.7 Å². The van der Waals surface area contributed by atoms with Gasteiger partial charge in [0.05, 0.1) is 12.1 Å². The molecule has 0 atom stereocenters. The summed E-state index contributed by atoms with van der Waals surface area (Å²) in [5, 5.41) is 2.36. The molecule has 102 valence electrons. The number of benzene rings is 1. The van der Waals surface area contributed by atoms with Crippen LogP contribution in [0.2, 0.25) is 0 Å². The number of piperazine rings is 1. The third kappa shape index (κ3) is 2.64. The number of amides is 2. The Hall–Kier alpha value is -1.40. The predicted octanol–water partition coefficient (Wildman–Crippen LogP) is 1.27. The summed E-state index contributed by atoms with van der Waals surface area (Å²) < 4.78 is 0.809. The first-order chi connectivity index (χ1) is 8.82. The normalized spacial score (nSPS) is 19.3. The molecule has 1 saturated heterocycles. The number of nitrogens with one attached hydrogen (secondary N) is 1. The summed E-state index contributed by atoms with van der Waals surface area (Å²) in [7, 11) is 0. The van der Waals surface area contributed by atoms with Crippen LogP contribution in [0.5, 0.6) is 0 Å². The number of anilines is 1. The molecule has 2 rings (SSSR count). The van der Waals surface area contributed by atoms with Gasteiger partial charge in [0, 0.05) is 16.7 Å². The van der Waals surface area contributed by atoms with Gasteiger partial charge in [0.15, 0.2) is 0 Å². The van der Waals surface area contributed by atoms with Gasteiger partial charge in [-0.3, -0.25) is 19.8 Å². The molecule has 1 aromatic rings. The predicted molar refractivity (Wildman–Crippen MR) is 76.2 cm³/mol. The molecule has 5 nitrogen and oxygen atoms in total. The summed E-state index contributed by atoms with van der Waals surface area (Å²) in [4.78, 5) is 25.2. The quantitative estimate of drug-likeness (QED) is 0.634. The standard InChI is InChI=1S/C13H16BrN3O2/c1-13(2)12(19)16-10(18)7-17(13)6-8-4-3-5-9(15)11(8)14/h3-5H,6-7,15H2,1-2H3,(H,16,18,19). The molecule has 1 fully saturated rings. The van der Waals surface area contributed by atoms with Gasteiger partial charge in [-0.1, -0.05) is 12.1 Å². The van der Waals surface area contributed by atoms with E-state index >= 15 is 0 Å². The third-order valence-corrected chi connectivity index (χ3v) is 4.37. The van der Waals surface area contributed by atoms with Crippen LogP contribution in [0.25, 0.3) is 0 Å². The van der Waals surface area contributed by atoms with E-state index in [9.17, 15) is 9.59 Å². The lowest BCUT2D eigenvalue weighted by Gasteiger charge is -2.40. The highest BCUT2D eigenvalue weighted by atomic mass is 79.9. The van der Waals surface area contributed by atoms with Crippen LogP contribution >= 0.6 is 15.9 Å². The average Bonchev–Trinajstić information content (AvgIpc) is 2.32. The van der Waals surface area contributed by atoms with Crippen molar-refractivity contribution in [2.24, 2.45) is 0 Å². The maximum Gasteiger partial charge on any atom is 0.246 e. The molecule has 0 unspecified atom stereocenters. The second kappa shape index (κ2) is 4.94. The average molecular weight is 326 g/mol. The van der Waals surface area contributed by atoms with Crippen molar-refractivity contribution in [1.82, 2.24) is 10.2 Å². The lowest BCUT2D eigenvalue weighted by atomic mass is 9.97. The number of nitrogens with two attached hydrogens (primary N) is 1. The molecule has 1 aromatic carbocycles. The number of nitrogen functional groups attached to an aromatic ring is 1. The molecule has 6 heteroatoms. The van der Waals surface area contributed by atoms with Crippen molar-refractivity contribution in [1.29, 1.82) is 0 Å². The molecular formula is C13H16BrN3O2. The van der Waals surface area contributed by atoms with Crippen LogP contribution in [0.1, 0.15) is 19.4 Å². The fourth-order valence-corrected chi connectivity index (χ4v) is 2.40. The zero-order valence-corrected chi connectivity index (χ0v) is 12.5. The molecule has 3 N–H and O–H groups in total. The van der Waals surface area contributed by atoms with Crippen LogP contribution in [-0.4, -0.2) is 28.8 Å². The number of carbonyl (C=O) groups is 2. The first-order valence-corrected chi connectivity index (χ1v) is 6.74. The minimum atomic E-state index is -0.724. The molecule has 1 aliphatic heterocycles. The monoisotopic (exact) mass is 325 g/mol. The lowest BCUT2D eigenvalue weighted by molar-refractivity contribution is -0.145. The third-order valence-electron chi connectivity index (χ3n) is 3.40. The molecule has 2 amide bonds. The van der Waals surface area contributed by atoms with E-state index in [2.05, 4.69) is 21.2 Å². The van der Waals surface area contributed by atoms with Crippen LogP contribution in [0.3, 0.4) is 0 Å². The Morgan fingerprint density at radius 1 is 1.42 bits per heavy atom. The van der Waals surface area contributed by atoms with Crippen LogP contribution in [0, 0.1) is 0 Å². The smallest absolute Gasteiger partial charge is 0.246 e. The molecule has 0 saturated carbocycles. The molecular weight excluding hydrogens is 310 g/mol. The minimum absolute atomic E-state index is 0.194. The summed E-state index contributed by atoms with van der Waals surface area (Å²) in [5.74, 6) is -0.548. The second-order valence-corrected chi connectivity index (χ2v) is 5.91. The van der Waals surface area contributed by atoms with Crippen molar-refractivity contribution in [3.63, 3.8) is 0 Å². The van der Waals surface area contributed by atoms with Crippen LogP contribution in [-0.2, 0) is 16.1 Å². The fraction of sp³-hybridized carbons (Fsp3) is 0.385. The number of halogens is 1. The van der Waals surface area contributed by atoms with Gasteiger partial charge in [-0.15, -0.1) is 0 Å². The minimum Gasteiger partial charge on any atom is -0.398 e. The number of hydrogen-bond acceptors (Lipinski definition) is 4. The van der Waals surface area contributed by atoms with E-state index in [1.54, 1.807) is 19.9 Å². The van der Waals surface area contributed by atoms with Crippen LogP contribution < -0.4 is 11.1 Å². The highest BCUT2D eigenvalue weighted by Gasteiger charge is 2.40. The summed E-state index contributed by atoms with van der Waals surface area (Å²) in [6.07, 6.45) is 0. The van der Waals surface area contributed by atoms with Crippen molar-refractivity contribution in [3.8, 4) is 0 Å². The Kier molecular flexibility index (Phi) is 3.64. The van der Waals surface area contributed by atoms with E-state index in [-0.39, 0.29) is 18.4 Å². The zero-order chi connectivity index (χ0) is 14.2. The van der Waals surface area contributed by atoms with Crippen LogP contribution in [0.4, 0.5) is 5.69 Å². The van der Waals surface area contributed by atoms with Gasteiger partial charge >= 0.3 is 0 Å². The van der Waals surface area contributed by atoms with Gasteiger partial charge in [-0.25, -0.2) is 0 Å². The fourth-order valence-electron chi connectivity index (χ4n) is 2.01. The van der Waals surface area contributed by atoms with E-state index in [4.69, 9.17) is 5.73 Å². The van der Waals surface area contributed by atoms with Gasteiger partial charge in [0.2, 0.25) is 11.8 Å². The summed E-state index contributed by atoms with van der Waals surface area (Å²) >= 11 is 3.44. The lowest BCUT2D eigenvalue weighted by Crippen LogP contribution is -2.63. The number of imide groups is 1. The molecule has 19 heavy (non-hydrogen) atoms. The number of nitrogens with zero attached hydrogens (tertiary/aromatic N) is 1. The molecule has 0 aliphatic carbocycles. The van der Waals surface area contributed by atoms with E-state index in [0.29, 0.717) is 12.2 Å². The highest BCUT2D eigenvalue weighted by Crippen LogP contribution is 2.28. The first-order valence-electron chi connectivity index (χ1n) is 5.94.